The Labute approximate surface area is 87.8 Å². The standard InChI is InChI=1S/C12H12N2O/c1-8-3-9(2)5-10(4-8)11-6-13-7-14-12(11)15/h3-7H,1-2H3,(H,13,14,15). The second kappa shape index (κ2) is 3.69. The van der Waals surface area contributed by atoms with Crippen LogP contribution in [0.3, 0.4) is 0 Å². The van der Waals surface area contributed by atoms with Gasteiger partial charge in [-0.25, -0.2) is 4.98 Å². The van der Waals surface area contributed by atoms with E-state index in [9.17, 15) is 4.79 Å². The molecule has 2 aromatic rings. The minimum absolute atomic E-state index is 0.102. The minimum atomic E-state index is -0.102. The van der Waals surface area contributed by atoms with Crippen LogP contribution in [0.1, 0.15) is 11.1 Å². The lowest BCUT2D eigenvalue weighted by Gasteiger charge is -2.03. The molecular weight excluding hydrogens is 188 g/mol. The van der Waals surface area contributed by atoms with Crippen LogP contribution in [0, 0.1) is 13.8 Å². The van der Waals surface area contributed by atoms with Gasteiger partial charge < -0.3 is 4.98 Å². The molecule has 0 spiro atoms. The number of aromatic amines is 1. The van der Waals surface area contributed by atoms with Crippen molar-refractivity contribution in [3.63, 3.8) is 0 Å². The normalized spacial score (nSPS) is 10.3. The van der Waals surface area contributed by atoms with E-state index in [4.69, 9.17) is 0 Å². The fraction of sp³-hybridized carbons (Fsp3) is 0.167. The molecule has 1 heterocycles. The fourth-order valence-corrected chi connectivity index (χ4v) is 1.68. The van der Waals surface area contributed by atoms with Gasteiger partial charge in [-0.15, -0.1) is 0 Å². The zero-order chi connectivity index (χ0) is 10.8. The molecule has 0 atom stereocenters. The van der Waals surface area contributed by atoms with Crippen LogP contribution >= 0.6 is 0 Å². The second-order valence-electron chi connectivity index (χ2n) is 3.67. The smallest absolute Gasteiger partial charge is 0.258 e. The number of rotatable bonds is 1. The Morgan fingerprint density at radius 1 is 1.13 bits per heavy atom. The molecule has 15 heavy (non-hydrogen) atoms. The Morgan fingerprint density at radius 3 is 2.40 bits per heavy atom. The summed E-state index contributed by atoms with van der Waals surface area (Å²) in [4.78, 5) is 18.0. The van der Waals surface area contributed by atoms with Crippen LogP contribution in [0.5, 0.6) is 0 Å². The quantitative estimate of drug-likeness (QED) is 0.765. The molecule has 2 rings (SSSR count). The highest BCUT2D eigenvalue weighted by molar-refractivity contribution is 5.63. The molecule has 0 bridgehead atoms. The Bertz CT molecular complexity index is 523. The number of H-pyrrole nitrogens is 1. The molecule has 0 unspecified atom stereocenters. The summed E-state index contributed by atoms with van der Waals surface area (Å²) in [6.45, 7) is 4.03. The molecular formula is C12H12N2O. The third-order valence-corrected chi connectivity index (χ3v) is 2.25. The number of nitrogens with one attached hydrogen (secondary N) is 1. The van der Waals surface area contributed by atoms with Crippen molar-refractivity contribution in [3.8, 4) is 11.1 Å². The minimum Gasteiger partial charge on any atom is -0.313 e. The highest BCUT2D eigenvalue weighted by atomic mass is 16.1. The summed E-state index contributed by atoms with van der Waals surface area (Å²) in [7, 11) is 0. The van der Waals surface area contributed by atoms with Crippen LogP contribution in [0.25, 0.3) is 11.1 Å². The predicted octanol–water partition coefficient (Wildman–Crippen LogP) is 2.05. The van der Waals surface area contributed by atoms with E-state index in [1.807, 2.05) is 26.0 Å². The van der Waals surface area contributed by atoms with Crippen molar-refractivity contribution in [1.82, 2.24) is 9.97 Å². The lowest BCUT2D eigenvalue weighted by atomic mass is 10.0. The van der Waals surface area contributed by atoms with Gasteiger partial charge in [-0.05, 0) is 19.4 Å². The molecule has 1 N–H and O–H groups in total. The average Bonchev–Trinajstić information content (AvgIpc) is 2.16. The molecule has 3 heteroatoms. The molecule has 1 aromatic heterocycles. The maximum atomic E-state index is 11.5. The Morgan fingerprint density at radius 2 is 1.80 bits per heavy atom. The zero-order valence-corrected chi connectivity index (χ0v) is 8.74. The molecule has 0 amide bonds. The zero-order valence-electron chi connectivity index (χ0n) is 8.74. The SMILES string of the molecule is Cc1cc(C)cc(-c2cnc[nH]c2=O)c1. The predicted molar refractivity (Wildman–Crippen MR) is 59.8 cm³/mol. The first-order chi connectivity index (χ1) is 7.16. The lowest BCUT2D eigenvalue weighted by Crippen LogP contribution is -2.08. The summed E-state index contributed by atoms with van der Waals surface area (Å²) in [6.07, 6.45) is 2.99. The first kappa shape index (κ1) is 9.65. The van der Waals surface area contributed by atoms with Gasteiger partial charge in [0.15, 0.2) is 0 Å². The maximum Gasteiger partial charge on any atom is 0.258 e. The molecule has 0 radical (unpaired) electrons. The van der Waals surface area contributed by atoms with Crippen LogP contribution < -0.4 is 5.56 Å². The van der Waals surface area contributed by atoms with E-state index in [-0.39, 0.29) is 5.56 Å². The van der Waals surface area contributed by atoms with Crippen molar-refractivity contribution >= 4 is 0 Å². The Hall–Kier alpha value is -1.90. The molecule has 76 valence electrons. The number of benzene rings is 1. The van der Waals surface area contributed by atoms with E-state index < -0.39 is 0 Å². The van der Waals surface area contributed by atoms with Crippen molar-refractivity contribution in [2.24, 2.45) is 0 Å². The molecule has 0 saturated carbocycles. The third kappa shape index (κ3) is 1.96. The number of aryl methyl sites for hydroxylation is 2. The largest absolute Gasteiger partial charge is 0.313 e. The van der Waals surface area contributed by atoms with Gasteiger partial charge in [0.05, 0.1) is 11.9 Å². The highest BCUT2D eigenvalue weighted by Crippen LogP contribution is 2.17. The maximum absolute atomic E-state index is 11.5. The van der Waals surface area contributed by atoms with E-state index in [1.54, 1.807) is 6.20 Å². The highest BCUT2D eigenvalue weighted by Gasteiger charge is 2.03. The molecule has 0 aliphatic heterocycles. The molecule has 0 fully saturated rings. The summed E-state index contributed by atoms with van der Waals surface area (Å²) in [5.41, 5.74) is 3.72. The van der Waals surface area contributed by atoms with Crippen LogP contribution in [0.4, 0.5) is 0 Å². The lowest BCUT2D eigenvalue weighted by molar-refractivity contribution is 1.12. The van der Waals surface area contributed by atoms with Gasteiger partial charge in [0.2, 0.25) is 0 Å². The molecule has 1 aromatic carbocycles. The van der Waals surface area contributed by atoms with Crippen LogP contribution in [-0.4, -0.2) is 9.97 Å². The van der Waals surface area contributed by atoms with Gasteiger partial charge in [-0.3, -0.25) is 4.79 Å². The summed E-state index contributed by atoms with van der Waals surface area (Å²) >= 11 is 0. The first-order valence-electron chi connectivity index (χ1n) is 4.78. The van der Waals surface area contributed by atoms with Gasteiger partial charge in [-0.2, -0.15) is 0 Å². The molecule has 0 saturated heterocycles. The molecule has 0 aliphatic rings. The third-order valence-electron chi connectivity index (χ3n) is 2.25. The van der Waals surface area contributed by atoms with E-state index >= 15 is 0 Å². The Kier molecular flexibility index (Phi) is 2.37. The van der Waals surface area contributed by atoms with Gasteiger partial charge in [0.1, 0.15) is 0 Å². The fourth-order valence-electron chi connectivity index (χ4n) is 1.68. The van der Waals surface area contributed by atoms with Crippen molar-refractivity contribution in [2.45, 2.75) is 13.8 Å². The van der Waals surface area contributed by atoms with E-state index in [0.717, 1.165) is 16.7 Å². The van der Waals surface area contributed by atoms with Crippen molar-refractivity contribution in [1.29, 1.82) is 0 Å². The van der Waals surface area contributed by atoms with Crippen molar-refractivity contribution in [2.75, 3.05) is 0 Å². The summed E-state index contributed by atoms with van der Waals surface area (Å²) < 4.78 is 0. The average molecular weight is 200 g/mol. The summed E-state index contributed by atoms with van der Waals surface area (Å²) in [6, 6.07) is 6.05. The van der Waals surface area contributed by atoms with Gasteiger partial charge in [-0.1, -0.05) is 29.3 Å². The second-order valence-corrected chi connectivity index (χ2v) is 3.67. The number of nitrogens with zero attached hydrogens (tertiary/aromatic N) is 1. The van der Waals surface area contributed by atoms with E-state index in [1.165, 1.54) is 6.33 Å². The Balaban J connectivity index is 2.64. The van der Waals surface area contributed by atoms with Gasteiger partial charge in [0, 0.05) is 6.20 Å². The van der Waals surface area contributed by atoms with Gasteiger partial charge in [0.25, 0.3) is 5.56 Å². The molecule has 3 nitrogen and oxygen atoms in total. The number of aromatic nitrogens is 2. The summed E-state index contributed by atoms with van der Waals surface area (Å²) in [5, 5.41) is 0. The van der Waals surface area contributed by atoms with Crippen molar-refractivity contribution < 1.29 is 0 Å². The topological polar surface area (TPSA) is 45.8 Å². The monoisotopic (exact) mass is 200 g/mol. The first-order valence-corrected chi connectivity index (χ1v) is 4.78. The number of hydrogen-bond acceptors (Lipinski definition) is 2. The van der Waals surface area contributed by atoms with Crippen LogP contribution in [0.2, 0.25) is 0 Å². The van der Waals surface area contributed by atoms with E-state index in [2.05, 4.69) is 16.0 Å². The van der Waals surface area contributed by atoms with E-state index in [0.29, 0.717) is 5.56 Å². The number of hydrogen-bond donors (Lipinski definition) is 1. The summed E-state index contributed by atoms with van der Waals surface area (Å²) in [5.74, 6) is 0. The van der Waals surface area contributed by atoms with Crippen molar-refractivity contribution in [3.05, 3.63) is 52.2 Å². The van der Waals surface area contributed by atoms with Gasteiger partial charge >= 0.3 is 0 Å². The van der Waals surface area contributed by atoms with Crippen LogP contribution in [-0.2, 0) is 0 Å². The van der Waals surface area contributed by atoms with Crippen LogP contribution in [0.15, 0.2) is 35.5 Å². The molecule has 0 aliphatic carbocycles.